The van der Waals surface area contributed by atoms with Gasteiger partial charge in [0.2, 0.25) is 0 Å². The van der Waals surface area contributed by atoms with E-state index < -0.39 is 0 Å². The zero-order valence-corrected chi connectivity index (χ0v) is 12.4. The molecule has 0 saturated heterocycles. The number of anilines is 1. The van der Waals surface area contributed by atoms with Crippen molar-refractivity contribution in [2.45, 2.75) is 25.6 Å². The summed E-state index contributed by atoms with van der Waals surface area (Å²) in [6, 6.07) is 9.12. The monoisotopic (exact) mass is 273 g/mol. The zero-order chi connectivity index (χ0) is 13.4. The molecule has 0 saturated carbocycles. The van der Waals surface area contributed by atoms with E-state index in [0.29, 0.717) is 6.04 Å². The molecule has 0 spiro atoms. The maximum absolute atomic E-state index is 4.48. The molecule has 1 aromatic heterocycles. The van der Waals surface area contributed by atoms with Gasteiger partial charge in [0.25, 0.3) is 0 Å². The van der Waals surface area contributed by atoms with Crippen LogP contribution >= 0.6 is 11.8 Å². The molecule has 1 unspecified atom stereocenters. The van der Waals surface area contributed by atoms with Gasteiger partial charge in [-0.2, -0.15) is 16.9 Å². The molecule has 1 N–H and O–H groups in total. The van der Waals surface area contributed by atoms with Crippen molar-refractivity contribution in [1.29, 1.82) is 0 Å². The molecule has 0 aliphatic carbocycles. The summed E-state index contributed by atoms with van der Waals surface area (Å²) in [7, 11) is 2.00. The summed E-state index contributed by atoms with van der Waals surface area (Å²) < 4.78 is 1.94. The van der Waals surface area contributed by atoms with Crippen LogP contribution in [0.1, 0.15) is 28.6 Å². The Bertz CT molecular complexity index is 603. The van der Waals surface area contributed by atoms with Crippen LogP contribution in [0.3, 0.4) is 0 Å². The van der Waals surface area contributed by atoms with E-state index in [1.807, 2.05) is 23.5 Å². The van der Waals surface area contributed by atoms with Gasteiger partial charge in [-0.25, -0.2) is 0 Å². The smallest absolute Gasteiger partial charge is 0.0828 e. The van der Waals surface area contributed by atoms with Gasteiger partial charge in [0.05, 0.1) is 23.1 Å². The van der Waals surface area contributed by atoms with E-state index in [1.165, 1.54) is 22.5 Å². The van der Waals surface area contributed by atoms with Crippen LogP contribution in [-0.4, -0.2) is 15.5 Å². The van der Waals surface area contributed by atoms with Crippen molar-refractivity contribution in [2.24, 2.45) is 7.05 Å². The predicted molar refractivity (Wildman–Crippen MR) is 81.6 cm³/mol. The maximum Gasteiger partial charge on any atom is 0.0828 e. The number of nitrogens with zero attached hydrogens (tertiary/aromatic N) is 2. The van der Waals surface area contributed by atoms with Gasteiger partial charge in [-0.3, -0.25) is 4.68 Å². The number of nitrogens with one attached hydrogen (secondary N) is 1. The lowest BCUT2D eigenvalue weighted by atomic mass is 10.0. The number of rotatable bonds is 2. The topological polar surface area (TPSA) is 29.9 Å². The highest BCUT2D eigenvalue weighted by Crippen LogP contribution is 2.35. The summed E-state index contributed by atoms with van der Waals surface area (Å²) in [5.41, 5.74) is 6.35. The third-order valence-corrected chi connectivity index (χ3v) is 4.88. The van der Waals surface area contributed by atoms with Gasteiger partial charge >= 0.3 is 0 Å². The van der Waals surface area contributed by atoms with Crippen molar-refractivity contribution in [2.75, 3.05) is 11.1 Å². The average Bonchev–Trinajstić information content (AvgIpc) is 2.66. The number of hydrogen-bond acceptors (Lipinski definition) is 3. The van der Waals surface area contributed by atoms with E-state index in [1.54, 1.807) is 0 Å². The summed E-state index contributed by atoms with van der Waals surface area (Å²) in [6.45, 7) is 4.18. The van der Waals surface area contributed by atoms with E-state index in [4.69, 9.17) is 0 Å². The fraction of sp³-hybridized carbons (Fsp3) is 0.400. The Morgan fingerprint density at radius 3 is 2.84 bits per heavy atom. The maximum atomic E-state index is 4.48. The zero-order valence-electron chi connectivity index (χ0n) is 11.6. The Labute approximate surface area is 118 Å². The SMILES string of the molecule is Cc1nn(C)c(C)c1NC1CSCc2ccccc21. The third-order valence-electron chi connectivity index (χ3n) is 3.80. The molecule has 2 heterocycles. The van der Waals surface area contributed by atoms with E-state index in [9.17, 15) is 0 Å². The second-order valence-electron chi connectivity index (χ2n) is 5.08. The molecule has 2 aromatic rings. The van der Waals surface area contributed by atoms with E-state index in [-0.39, 0.29) is 0 Å². The predicted octanol–water partition coefficient (Wildman–Crippen LogP) is 3.44. The minimum atomic E-state index is 0.386. The molecular weight excluding hydrogens is 254 g/mol. The molecule has 1 aliphatic rings. The summed E-state index contributed by atoms with van der Waals surface area (Å²) in [5, 5.41) is 8.17. The van der Waals surface area contributed by atoms with Crippen molar-refractivity contribution in [1.82, 2.24) is 9.78 Å². The lowest BCUT2D eigenvalue weighted by molar-refractivity contribution is 0.731. The first-order chi connectivity index (χ1) is 9.16. The average molecular weight is 273 g/mol. The number of aryl methyl sites for hydroxylation is 2. The van der Waals surface area contributed by atoms with Gasteiger partial charge in [0.15, 0.2) is 0 Å². The second kappa shape index (κ2) is 4.93. The van der Waals surface area contributed by atoms with Crippen LogP contribution in [0.4, 0.5) is 5.69 Å². The number of thioether (sulfide) groups is 1. The van der Waals surface area contributed by atoms with Crippen LogP contribution in [-0.2, 0) is 12.8 Å². The summed E-state index contributed by atoms with van der Waals surface area (Å²) in [4.78, 5) is 0. The molecule has 0 bridgehead atoms. The van der Waals surface area contributed by atoms with Gasteiger partial charge in [-0.1, -0.05) is 24.3 Å². The van der Waals surface area contributed by atoms with E-state index in [0.717, 1.165) is 17.2 Å². The van der Waals surface area contributed by atoms with Gasteiger partial charge in [0.1, 0.15) is 0 Å². The number of fused-ring (bicyclic) bond motifs is 1. The second-order valence-corrected chi connectivity index (χ2v) is 6.11. The number of aromatic nitrogens is 2. The molecule has 100 valence electrons. The fourth-order valence-electron chi connectivity index (χ4n) is 2.66. The van der Waals surface area contributed by atoms with Crippen molar-refractivity contribution in [3.05, 3.63) is 46.8 Å². The first-order valence-electron chi connectivity index (χ1n) is 6.59. The third kappa shape index (κ3) is 2.25. The molecule has 1 aliphatic heterocycles. The minimum absolute atomic E-state index is 0.386. The lowest BCUT2D eigenvalue weighted by Crippen LogP contribution is -2.19. The largest absolute Gasteiger partial charge is 0.374 e. The van der Waals surface area contributed by atoms with Gasteiger partial charge in [0, 0.05) is 18.6 Å². The van der Waals surface area contributed by atoms with E-state index in [2.05, 4.69) is 48.5 Å². The van der Waals surface area contributed by atoms with Crippen molar-refractivity contribution in [3.8, 4) is 0 Å². The van der Waals surface area contributed by atoms with Crippen LogP contribution in [0.25, 0.3) is 0 Å². The van der Waals surface area contributed by atoms with Crippen LogP contribution in [0.5, 0.6) is 0 Å². The molecule has 3 rings (SSSR count). The van der Waals surface area contributed by atoms with E-state index >= 15 is 0 Å². The standard InChI is InChI=1S/C15H19N3S/c1-10-15(11(2)18(3)17-10)16-14-9-19-8-12-6-4-5-7-13(12)14/h4-7,14,16H,8-9H2,1-3H3. The molecule has 3 nitrogen and oxygen atoms in total. The Balaban J connectivity index is 1.93. The highest BCUT2D eigenvalue weighted by Gasteiger charge is 2.22. The minimum Gasteiger partial charge on any atom is -0.374 e. The fourth-order valence-corrected chi connectivity index (χ4v) is 3.76. The molecule has 4 heteroatoms. The van der Waals surface area contributed by atoms with Crippen molar-refractivity contribution in [3.63, 3.8) is 0 Å². The molecule has 0 radical (unpaired) electrons. The Morgan fingerprint density at radius 2 is 2.11 bits per heavy atom. The van der Waals surface area contributed by atoms with Crippen molar-refractivity contribution >= 4 is 17.4 Å². The molecule has 1 aromatic carbocycles. The molecule has 0 amide bonds. The van der Waals surface area contributed by atoms with Crippen molar-refractivity contribution < 1.29 is 0 Å². The van der Waals surface area contributed by atoms with Gasteiger partial charge < -0.3 is 5.32 Å². The molecule has 1 atom stereocenters. The normalized spacial score (nSPS) is 18.2. The highest BCUT2D eigenvalue weighted by atomic mass is 32.2. The Hall–Kier alpha value is -1.42. The highest BCUT2D eigenvalue weighted by molar-refractivity contribution is 7.98. The quantitative estimate of drug-likeness (QED) is 0.909. The van der Waals surface area contributed by atoms with Crippen LogP contribution in [0.2, 0.25) is 0 Å². The summed E-state index contributed by atoms with van der Waals surface area (Å²) in [5.74, 6) is 2.24. The van der Waals surface area contributed by atoms with Gasteiger partial charge in [-0.05, 0) is 25.0 Å². The Kier molecular flexibility index (Phi) is 3.27. The van der Waals surface area contributed by atoms with Gasteiger partial charge in [-0.15, -0.1) is 0 Å². The molecule has 19 heavy (non-hydrogen) atoms. The lowest BCUT2D eigenvalue weighted by Gasteiger charge is -2.27. The Morgan fingerprint density at radius 1 is 1.32 bits per heavy atom. The number of benzene rings is 1. The van der Waals surface area contributed by atoms with Crippen LogP contribution < -0.4 is 5.32 Å². The molecule has 0 fully saturated rings. The summed E-state index contributed by atoms with van der Waals surface area (Å²) >= 11 is 1.99. The van der Waals surface area contributed by atoms with Crippen LogP contribution in [0.15, 0.2) is 24.3 Å². The van der Waals surface area contributed by atoms with Crippen LogP contribution in [0, 0.1) is 13.8 Å². The molecular formula is C15H19N3S. The number of hydrogen-bond donors (Lipinski definition) is 1. The first-order valence-corrected chi connectivity index (χ1v) is 7.74. The summed E-state index contributed by atoms with van der Waals surface area (Å²) in [6.07, 6.45) is 0. The first kappa shape index (κ1) is 12.6.